The highest BCUT2D eigenvalue weighted by atomic mass is 35.5. The normalized spacial score (nSPS) is 26.1. The van der Waals surface area contributed by atoms with Crippen molar-refractivity contribution in [2.24, 2.45) is 0 Å². The van der Waals surface area contributed by atoms with Gasteiger partial charge in [0.25, 0.3) is 0 Å². The van der Waals surface area contributed by atoms with E-state index in [9.17, 15) is 0 Å². The number of hydrogen-bond acceptors (Lipinski definition) is 2. The van der Waals surface area contributed by atoms with Gasteiger partial charge >= 0.3 is 0 Å². The molecular weight excluding hydrogens is 318 g/mol. The summed E-state index contributed by atoms with van der Waals surface area (Å²) in [6, 6.07) is -4.41. The van der Waals surface area contributed by atoms with Crippen LogP contribution in [0.1, 0.15) is 49.6 Å². The molecule has 2 aromatic carbocycles. The molecule has 0 radical (unpaired) electrons. The molecule has 0 bridgehead atoms. The summed E-state index contributed by atoms with van der Waals surface area (Å²) in [6.45, 7) is 2.51. The highest BCUT2D eigenvalue weighted by molar-refractivity contribution is 6.30. The lowest BCUT2D eigenvalue weighted by atomic mass is 9.88. The summed E-state index contributed by atoms with van der Waals surface area (Å²) in [6.07, 6.45) is 2.63. The van der Waals surface area contributed by atoms with E-state index in [0.717, 1.165) is 19.4 Å². The summed E-state index contributed by atoms with van der Waals surface area (Å²) in [5.74, 6) is 0. The van der Waals surface area contributed by atoms with Crippen LogP contribution >= 0.6 is 11.6 Å². The average Bonchev–Trinajstić information content (AvgIpc) is 3.18. The summed E-state index contributed by atoms with van der Waals surface area (Å²) >= 11 is 5.98. The van der Waals surface area contributed by atoms with Crippen LogP contribution in [0.15, 0.2) is 54.4 Å². The first-order valence-corrected chi connectivity index (χ1v) is 8.40. The molecule has 0 unspecified atom stereocenters. The third kappa shape index (κ3) is 3.83. The first-order valence-electron chi connectivity index (χ1n) is 12.5. The van der Waals surface area contributed by atoms with Gasteiger partial charge in [-0.2, -0.15) is 0 Å². The number of ether oxygens (including phenoxy) is 1. The smallest absolute Gasteiger partial charge is 0.115 e. The minimum Gasteiger partial charge on any atom is -0.366 e. The van der Waals surface area contributed by atoms with Crippen molar-refractivity contribution in [2.75, 3.05) is 20.2 Å². The molecule has 1 saturated heterocycles. The van der Waals surface area contributed by atoms with Gasteiger partial charge in [0, 0.05) is 17.7 Å². The molecule has 2 nitrogen and oxygen atoms in total. The fraction of sp³-hybridized carbons (Fsp3) is 0.429. The van der Waals surface area contributed by atoms with Crippen molar-refractivity contribution in [3.8, 4) is 0 Å². The van der Waals surface area contributed by atoms with Gasteiger partial charge in [0.2, 0.25) is 0 Å². The van der Waals surface area contributed by atoms with Gasteiger partial charge < -0.3 is 9.64 Å². The molecule has 3 heteroatoms. The van der Waals surface area contributed by atoms with Crippen LogP contribution in [0.5, 0.6) is 0 Å². The zero-order valence-electron chi connectivity index (χ0n) is 22.8. The van der Waals surface area contributed by atoms with Crippen molar-refractivity contribution < 1.29 is 17.1 Å². The zero-order valence-corrected chi connectivity index (χ0v) is 14.6. The predicted molar refractivity (Wildman–Crippen MR) is 101 cm³/mol. The molecule has 3 rings (SSSR count). The van der Waals surface area contributed by atoms with Crippen LogP contribution in [0, 0.1) is 0 Å². The van der Waals surface area contributed by atoms with Crippen molar-refractivity contribution in [2.45, 2.75) is 37.8 Å². The van der Waals surface area contributed by atoms with Gasteiger partial charge in [-0.3, -0.25) is 0 Å². The van der Waals surface area contributed by atoms with Gasteiger partial charge in [0.1, 0.15) is 5.60 Å². The first kappa shape index (κ1) is 9.38. The Morgan fingerprint density at radius 1 is 1.17 bits per heavy atom. The molecular formula is C21H26ClNO. The van der Waals surface area contributed by atoms with E-state index >= 15 is 0 Å². The van der Waals surface area contributed by atoms with E-state index < -0.39 is 60.0 Å². The molecule has 1 aliphatic heterocycles. The standard InChI is InChI=1S/C21H26ClNO/c1-21(17-7-4-3-5-8-17,18-10-12-19(22)13-11-18)24-16-14-20-9-6-15-23(20)2/h3-5,7-8,10-13,20H,6,9,14-16H2,1-2H3/t20-,21-/m1/s1/i3D,4D,5D,7D,8D,10D,11D,12D,13D. The Morgan fingerprint density at radius 2 is 1.83 bits per heavy atom. The minimum atomic E-state index is -1.85. The van der Waals surface area contributed by atoms with Gasteiger partial charge in [0.15, 0.2) is 0 Å². The number of halogens is 1. The Bertz CT molecular complexity index is 967. The summed E-state index contributed by atoms with van der Waals surface area (Å²) < 4.78 is 80.5. The number of rotatable bonds is 6. The molecule has 0 aliphatic carbocycles. The van der Waals surface area contributed by atoms with E-state index in [1.807, 2.05) is 7.05 Å². The lowest BCUT2D eigenvalue weighted by Crippen LogP contribution is -2.31. The second-order valence-corrected chi connectivity index (χ2v) is 6.51. The Morgan fingerprint density at radius 3 is 2.46 bits per heavy atom. The molecule has 0 spiro atoms. The fourth-order valence-electron chi connectivity index (χ4n) is 3.04. The highest BCUT2D eigenvalue weighted by Crippen LogP contribution is 2.34. The van der Waals surface area contributed by atoms with Crippen LogP contribution in [0.25, 0.3) is 0 Å². The number of nitrogens with zero attached hydrogens (tertiary/aromatic N) is 1. The Hall–Kier alpha value is -1.35. The van der Waals surface area contributed by atoms with Crippen LogP contribution in [0.3, 0.4) is 0 Å². The van der Waals surface area contributed by atoms with Gasteiger partial charge in [-0.1, -0.05) is 53.9 Å². The molecule has 1 aliphatic rings. The van der Waals surface area contributed by atoms with E-state index in [0.29, 0.717) is 6.42 Å². The molecule has 0 amide bonds. The quantitative estimate of drug-likeness (QED) is 0.716. The summed E-state index contributed by atoms with van der Waals surface area (Å²) in [5, 5.41) is -0.357. The number of hydrogen-bond donors (Lipinski definition) is 0. The second-order valence-electron chi connectivity index (χ2n) is 6.14. The third-order valence-electron chi connectivity index (χ3n) is 4.56. The van der Waals surface area contributed by atoms with Crippen molar-refractivity contribution in [3.05, 3.63) is 70.5 Å². The molecule has 0 saturated carbocycles. The Labute approximate surface area is 163 Å². The third-order valence-corrected chi connectivity index (χ3v) is 4.75. The zero-order chi connectivity index (χ0) is 24.8. The molecule has 1 fully saturated rings. The van der Waals surface area contributed by atoms with Crippen LogP contribution in [-0.4, -0.2) is 31.1 Å². The summed E-state index contributed by atoms with van der Waals surface area (Å²) in [4.78, 5) is 2.20. The van der Waals surface area contributed by atoms with Crippen molar-refractivity contribution >= 4 is 11.6 Å². The molecule has 128 valence electrons. The predicted octanol–water partition coefficient (Wildman–Crippen LogP) is 5.10. The minimum absolute atomic E-state index is 0.121. The largest absolute Gasteiger partial charge is 0.366 e. The lowest BCUT2D eigenvalue weighted by Gasteiger charge is -2.32. The monoisotopic (exact) mass is 352 g/mol. The molecule has 0 N–H and O–H groups in total. The molecule has 24 heavy (non-hydrogen) atoms. The maximum atomic E-state index is 8.49. The topological polar surface area (TPSA) is 12.5 Å². The molecule has 2 aromatic rings. The lowest BCUT2D eigenvalue weighted by molar-refractivity contribution is -0.0117. The van der Waals surface area contributed by atoms with Gasteiger partial charge in [-0.15, -0.1) is 0 Å². The highest BCUT2D eigenvalue weighted by Gasteiger charge is 2.30. The van der Waals surface area contributed by atoms with Crippen LogP contribution in [0.4, 0.5) is 0 Å². The van der Waals surface area contributed by atoms with Crippen molar-refractivity contribution in [1.82, 2.24) is 4.90 Å². The second kappa shape index (κ2) is 7.69. The molecule has 1 heterocycles. The fourth-order valence-corrected chi connectivity index (χ4v) is 3.13. The van der Waals surface area contributed by atoms with E-state index in [-0.39, 0.29) is 28.8 Å². The SMILES string of the molecule is [2H]c1c([2H])c([2H])c([C@@](C)(OCC[C@H]2CCCN2C)c2c([2H])c([2H])c(Cl)c([2H])c2[2H])c([2H])c1[2H]. The Balaban J connectivity index is 2.24. The maximum Gasteiger partial charge on any atom is 0.115 e. The average molecular weight is 353 g/mol. The van der Waals surface area contributed by atoms with Crippen LogP contribution in [0.2, 0.25) is 5.02 Å². The molecule has 0 aromatic heterocycles. The first-order chi connectivity index (χ1) is 15.3. The van der Waals surface area contributed by atoms with Crippen LogP contribution < -0.4 is 0 Å². The van der Waals surface area contributed by atoms with E-state index in [2.05, 4.69) is 4.90 Å². The summed E-state index contributed by atoms with van der Waals surface area (Å²) in [7, 11) is 2.01. The van der Waals surface area contributed by atoms with E-state index in [1.54, 1.807) is 0 Å². The summed E-state index contributed by atoms with van der Waals surface area (Å²) in [5.41, 5.74) is -2.31. The van der Waals surface area contributed by atoms with Crippen molar-refractivity contribution in [1.29, 1.82) is 0 Å². The number of benzene rings is 2. The van der Waals surface area contributed by atoms with Gasteiger partial charge in [-0.05, 0) is 63.0 Å². The van der Waals surface area contributed by atoms with Crippen molar-refractivity contribution in [3.63, 3.8) is 0 Å². The van der Waals surface area contributed by atoms with E-state index in [1.165, 1.54) is 6.92 Å². The van der Waals surface area contributed by atoms with Crippen LogP contribution in [-0.2, 0) is 10.3 Å². The Kier molecular flexibility index (Phi) is 3.00. The van der Waals surface area contributed by atoms with E-state index in [4.69, 9.17) is 28.7 Å². The molecule has 2 atom stereocenters. The van der Waals surface area contributed by atoms with Gasteiger partial charge in [0.05, 0.1) is 12.3 Å². The van der Waals surface area contributed by atoms with Gasteiger partial charge in [-0.25, -0.2) is 0 Å². The number of likely N-dealkylation sites (tertiary alicyclic amines) is 1. The maximum absolute atomic E-state index is 8.49.